The van der Waals surface area contributed by atoms with Gasteiger partial charge in [0.15, 0.2) is 0 Å². The van der Waals surface area contributed by atoms with Crippen LogP contribution in [0.2, 0.25) is 0 Å². The molecule has 0 aromatic heterocycles. The second kappa shape index (κ2) is 6.31. The van der Waals surface area contributed by atoms with Crippen LogP contribution in [0.25, 0.3) is 22.3 Å². The van der Waals surface area contributed by atoms with Crippen molar-refractivity contribution in [2.24, 2.45) is 0 Å². The van der Waals surface area contributed by atoms with Crippen LogP contribution in [0, 0.1) is 0 Å². The number of hydrogen-bond acceptors (Lipinski definition) is 1. The van der Waals surface area contributed by atoms with Crippen molar-refractivity contribution < 1.29 is 0 Å². The molecule has 2 aliphatic carbocycles. The minimum absolute atomic E-state index is 1.01. The Morgan fingerprint density at radius 3 is 2.00 bits per heavy atom. The summed E-state index contributed by atoms with van der Waals surface area (Å²) in [6.45, 7) is 0. The van der Waals surface area contributed by atoms with Gasteiger partial charge in [-0.2, -0.15) is 0 Å². The summed E-state index contributed by atoms with van der Waals surface area (Å²) in [5.41, 5.74) is 21.6. The molecule has 1 nitrogen and oxygen atoms in total. The molecule has 2 aliphatic heterocycles. The van der Waals surface area contributed by atoms with Crippen molar-refractivity contribution in [1.82, 2.24) is 0 Å². The molecule has 0 saturated heterocycles. The Labute approximate surface area is 205 Å². The van der Waals surface area contributed by atoms with Gasteiger partial charge in [-0.05, 0) is 97.8 Å². The van der Waals surface area contributed by atoms with Crippen LogP contribution in [-0.2, 0) is 25.7 Å². The predicted octanol–water partition coefficient (Wildman–Crippen LogP) is 8.11. The summed E-state index contributed by atoms with van der Waals surface area (Å²) in [5.74, 6) is 0. The summed E-state index contributed by atoms with van der Waals surface area (Å²) >= 11 is 0. The predicted molar refractivity (Wildman–Crippen MR) is 143 cm³/mol. The maximum Gasteiger partial charge on any atom is 0.0532 e. The first-order chi connectivity index (χ1) is 17.3. The minimum Gasteiger partial charge on any atom is -0.309 e. The number of anilines is 3. The van der Waals surface area contributed by atoms with Crippen LogP contribution in [-0.4, -0.2) is 0 Å². The summed E-state index contributed by atoms with van der Waals surface area (Å²) in [6.07, 6.45) is 4.10. The summed E-state index contributed by atoms with van der Waals surface area (Å²) < 4.78 is 0. The highest BCUT2D eigenvalue weighted by molar-refractivity contribution is 5.95. The third-order valence-electron chi connectivity index (χ3n) is 8.69. The number of para-hydroxylation sites is 1. The van der Waals surface area contributed by atoms with Crippen molar-refractivity contribution >= 4 is 17.1 Å². The SMILES string of the molecule is c1ccc2c(c1)Cc1cc3c(cc1-2)Cc1cccc2c1N3c1ccc3c(c1C2)-c1ccccc1C3. The van der Waals surface area contributed by atoms with E-state index in [2.05, 4.69) is 95.9 Å². The van der Waals surface area contributed by atoms with Crippen LogP contribution in [0.15, 0.2) is 91.0 Å². The van der Waals surface area contributed by atoms with E-state index < -0.39 is 0 Å². The lowest BCUT2D eigenvalue weighted by molar-refractivity contribution is 1.01. The largest absolute Gasteiger partial charge is 0.309 e. The highest BCUT2D eigenvalue weighted by atomic mass is 15.2. The first-order valence-corrected chi connectivity index (χ1v) is 12.7. The smallest absolute Gasteiger partial charge is 0.0532 e. The Morgan fingerprint density at radius 2 is 1.11 bits per heavy atom. The summed E-state index contributed by atoms with van der Waals surface area (Å²) in [4.78, 5) is 2.60. The molecular formula is C34H23N. The van der Waals surface area contributed by atoms with Gasteiger partial charge in [0, 0.05) is 12.8 Å². The van der Waals surface area contributed by atoms with Crippen molar-refractivity contribution in [3.63, 3.8) is 0 Å². The van der Waals surface area contributed by atoms with Crippen LogP contribution in [0.5, 0.6) is 0 Å². The van der Waals surface area contributed by atoms with Crippen LogP contribution in [0.1, 0.15) is 44.5 Å². The van der Waals surface area contributed by atoms with Crippen LogP contribution in [0.4, 0.5) is 17.1 Å². The Hall–Kier alpha value is -4.10. The minimum atomic E-state index is 1.01. The molecule has 0 amide bonds. The van der Waals surface area contributed by atoms with Gasteiger partial charge in [-0.25, -0.2) is 0 Å². The van der Waals surface area contributed by atoms with E-state index in [1.807, 2.05) is 0 Å². The van der Waals surface area contributed by atoms with E-state index in [-0.39, 0.29) is 0 Å². The molecule has 35 heavy (non-hydrogen) atoms. The number of fused-ring (bicyclic) bond motifs is 11. The van der Waals surface area contributed by atoms with Gasteiger partial charge in [-0.1, -0.05) is 72.8 Å². The van der Waals surface area contributed by atoms with Gasteiger partial charge in [0.05, 0.1) is 17.1 Å². The van der Waals surface area contributed by atoms with Gasteiger partial charge in [0.25, 0.3) is 0 Å². The maximum absolute atomic E-state index is 2.60. The summed E-state index contributed by atoms with van der Waals surface area (Å²) in [7, 11) is 0. The van der Waals surface area contributed by atoms with E-state index in [0.29, 0.717) is 0 Å². The second-order valence-corrected chi connectivity index (χ2v) is 10.5. The summed E-state index contributed by atoms with van der Waals surface area (Å²) in [5, 5.41) is 0. The molecular weight excluding hydrogens is 422 g/mol. The quantitative estimate of drug-likeness (QED) is 0.228. The highest BCUT2D eigenvalue weighted by Crippen LogP contribution is 2.55. The Balaban J connectivity index is 1.31. The van der Waals surface area contributed by atoms with E-state index in [1.54, 1.807) is 0 Å². The molecule has 0 unspecified atom stereocenters. The fourth-order valence-corrected chi connectivity index (χ4v) is 7.23. The van der Waals surface area contributed by atoms with Crippen molar-refractivity contribution in [2.45, 2.75) is 25.7 Å². The van der Waals surface area contributed by atoms with E-state index >= 15 is 0 Å². The van der Waals surface area contributed by atoms with E-state index in [4.69, 9.17) is 0 Å². The first kappa shape index (κ1) is 18.3. The van der Waals surface area contributed by atoms with E-state index in [9.17, 15) is 0 Å². The van der Waals surface area contributed by atoms with Gasteiger partial charge in [-0.15, -0.1) is 0 Å². The molecule has 0 bridgehead atoms. The molecule has 9 rings (SSSR count). The zero-order valence-electron chi connectivity index (χ0n) is 19.4. The Kier molecular flexibility index (Phi) is 3.29. The van der Waals surface area contributed by atoms with Crippen LogP contribution < -0.4 is 4.90 Å². The third kappa shape index (κ3) is 2.29. The average molecular weight is 446 g/mol. The Bertz CT molecular complexity index is 1760. The number of benzene rings is 5. The van der Waals surface area contributed by atoms with Crippen LogP contribution >= 0.6 is 0 Å². The first-order valence-electron chi connectivity index (χ1n) is 12.7. The molecule has 5 aromatic carbocycles. The molecule has 5 aromatic rings. The normalized spacial score (nSPS) is 14.9. The lowest BCUT2D eigenvalue weighted by Crippen LogP contribution is -2.25. The van der Waals surface area contributed by atoms with E-state index in [1.165, 1.54) is 83.8 Å². The average Bonchev–Trinajstić information content (AvgIpc) is 3.45. The van der Waals surface area contributed by atoms with E-state index in [0.717, 1.165) is 25.7 Å². The van der Waals surface area contributed by atoms with Gasteiger partial charge in [0.2, 0.25) is 0 Å². The fourth-order valence-electron chi connectivity index (χ4n) is 7.23. The van der Waals surface area contributed by atoms with Gasteiger partial charge >= 0.3 is 0 Å². The standard InChI is InChI=1S/C34H23N/c1-3-10-27-20(6-1)15-25-19-32-26(18-29(25)27)16-23-8-5-9-24-17-30-31(35(32)34(23)24)13-12-22-14-21-7-2-4-11-28(21)33(22)30/h1-13,18-19H,14-17H2. The Morgan fingerprint density at radius 1 is 0.429 bits per heavy atom. The lowest BCUT2D eigenvalue weighted by Gasteiger charge is -2.40. The van der Waals surface area contributed by atoms with Crippen molar-refractivity contribution in [3.8, 4) is 22.3 Å². The highest BCUT2D eigenvalue weighted by Gasteiger charge is 2.35. The van der Waals surface area contributed by atoms with Gasteiger partial charge < -0.3 is 4.90 Å². The summed E-state index contributed by atoms with van der Waals surface area (Å²) in [6, 6.07) is 34.7. The molecule has 2 heterocycles. The van der Waals surface area contributed by atoms with Crippen molar-refractivity contribution in [1.29, 1.82) is 0 Å². The molecule has 0 saturated carbocycles. The third-order valence-corrected chi connectivity index (χ3v) is 8.69. The molecule has 0 radical (unpaired) electrons. The fraction of sp³-hybridized carbons (Fsp3) is 0.118. The number of nitrogens with zero attached hydrogens (tertiary/aromatic N) is 1. The molecule has 4 aliphatic rings. The van der Waals surface area contributed by atoms with Crippen molar-refractivity contribution in [3.05, 3.63) is 136 Å². The number of rotatable bonds is 0. The molecule has 0 atom stereocenters. The van der Waals surface area contributed by atoms with Crippen molar-refractivity contribution in [2.75, 3.05) is 4.90 Å². The van der Waals surface area contributed by atoms with Gasteiger partial charge in [0.1, 0.15) is 0 Å². The zero-order valence-corrected chi connectivity index (χ0v) is 19.4. The lowest BCUT2D eigenvalue weighted by atomic mass is 9.83. The van der Waals surface area contributed by atoms with Crippen LogP contribution in [0.3, 0.4) is 0 Å². The molecule has 1 heteroatoms. The molecule has 0 N–H and O–H groups in total. The maximum atomic E-state index is 2.60. The topological polar surface area (TPSA) is 3.24 Å². The second-order valence-electron chi connectivity index (χ2n) is 10.5. The zero-order chi connectivity index (χ0) is 22.7. The molecule has 0 fully saturated rings. The molecule has 0 spiro atoms. The van der Waals surface area contributed by atoms with Gasteiger partial charge in [-0.3, -0.25) is 0 Å². The monoisotopic (exact) mass is 445 g/mol. The number of hydrogen-bond donors (Lipinski definition) is 0. The molecule has 164 valence electrons.